The number of hydrogen-bond donors (Lipinski definition) is 1. The minimum Gasteiger partial charge on any atom is -0.320 e. The van der Waals surface area contributed by atoms with Gasteiger partial charge in [-0.15, -0.1) is 0 Å². The monoisotopic (exact) mass is 141 g/mol. The number of aromatic amines is 1. The molecule has 0 aromatic carbocycles. The molecule has 1 aromatic heterocycles. The first-order chi connectivity index (χ1) is 4.72. The number of rotatable bonds is 1. The van der Waals surface area contributed by atoms with Gasteiger partial charge in [0.25, 0.3) is 5.56 Å². The van der Waals surface area contributed by atoms with Crippen LogP contribution >= 0.6 is 0 Å². The van der Waals surface area contributed by atoms with Crippen molar-refractivity contribution in [3.05, 3.63) is 34.0 Å². The summed E-state index contributed by atoms with van der Waals surface area (Å²) in [5.41, 5.74) is -0.660. The molecule has 52 valence electrons. The Morgan fingerprint density at radius 1 is 1.50 bits per heavy atom. The summed E-state index contributed by atoms with van der Waals surface area (Å²) < 4.78 is 12.2. The van der Waals surface area contributed by atoms with Gasteiger partial charge >= 0.3 is 0 Å². The van der Waals surface area contributed by atoms with E-state index < -0.39 is 11.4 Å². The van der Waals surface area contributed by atoms with Crippen LogP contribution in [0.1, 0.15) is 10.5 Å². The van der Waals surface area contributed by atoms with Crippen LogP contribution in [0.4, 0.5) is 4.39 Å². The maximum Gasteiger partial charge on any atom is 0.251 e. The Morgan fingerprint density at radius 2 is 2.20 bits per heavy atom. The standard InChI is InChI=1S/C6H4FNO2/c7-4-1-5(3-9)8-6(10)2-4/h1-3H,(H,8,10). The summed E-state index contributed by atoms with van der Waals surface area (Å²) in [6.07, 6.45) is 0.379. The molecule has 0 atom stereocenters. The first kappa shape index (κ1) is 6.67. The Bertz CT molecular complexity index is 305. The molecule has 1 heterocycles. The third kappa shape index (κ3) is 1.28. The summed E-state index contributed by atoms with van der Waals surface area (Å²) in [5, 5.41) is 0. The highest BCUT2D eigenvalue weighted by Crippen LogP contribution is 1.91. The van der Waals surface area contributed by atoms with E-state index in [1.807, 2.05) is 0 Å². The van der Waals surface area contributed by atoms with Gasteiger partial charge in [-0.3, -0.25) is 9.59 Å². The molecule has 3 nitrogen and oxygen atoms in total. The van der Waals surface area contributed by atoms with Crippen LogP contribution in [0.2, 0.25) is 0 Å². The van der Waals surface area contributed by atoms with Gasteiger partial charge in [0, 0.05) is 12.1 Å². The number of carbonyl (C=O) groups excluding carboxylic acids is 1. The molecule has 0 saturated carbocycles. The van der Waals surface area contributed by atoms with E-state index in [1.54, 1.807) is 0 Å². The first-order valence-corrected chi connectivity index (χ1v) is 2.57. The molecular weight excluding hydrogens is 137 g/mol. The Kier molecular flexibility index (Phi) is 1.62. The van der Waals surface area contributed by atoms with Crippen LogP contribution in [0.15, 0.2) is 16.9 Å². The lowest BCUT2D eigenvalue weighted by Gasteiger charge is -1.88. The van der Waals surface area contributed by atoms with Crippen molar-refractivity contribution in [1.82, 2.24) is 4.98 Å². The maximum absolute atomic E-state index is 12.2. The summed E-state index contributed by atoms with van der Waals surface area (Å²) in [6.45, 7) is 0. The van der Waals surface area contributed by atoms with E-state index in [-0.39, 0.29) is 5.69 Å². The highest BCUT2D eigenvalue weighted by Gasteiger charge is 1.94. The van der Waals surface area contributed by atoms with Crippen LogP contribution in [-0.4, -0.2) is 11.3 Å². The van der Waals surface area contributed by atoms with E-state index in [0.717, 1.165) is 12.1 Å². The van der Waals surface area contributed by atoms with Crippen LogP contribution in [0.5, 0.6) is 0 Å². The molecule has 0 saturated heterocycles. The molecule has 0 fully saturated rings. The van der Waals surface area contributed by atoms with Crippen molar-refractivity contribution < 1.29 is 9.18 Å². The minimum absolute atomic E-state index is 0.0509. The zero-order valence-electron chi connectivity index (χ0n) is 4.93. The number of halogens is 1. The fourth-order valence-corrected chi connectivity index (χ4v) is 0.593. The van der Waals surface area contributed by atoms with E-state index in [1.165, 1.54) is 0 Å². The van der Waals surface area contributed by atoms with Crippen LogP contribution in [0, 0.1) is 5.82 Å². The number of aromatic nitrogens is 1. The largest absolute Gasteiger partial charge is 0.320 e. The molecular formula is C6H4FNO2. The molecule has 0 aliphatic heterocycles. The summed E-state index contributed by atoms with van der Waals surface area (Å²) in [7, 11) is 0. The Balaban J connectivity index is 3.32. The topological polar surface area (TPSA) is 49.9 Å². The predicted molar refractivity (Wildman–Crippen MR) is 32.4 cm³/mol. The Morgan fingerprint density at radius 3 is 2.70 bits per heavy atom. The minimum atomic E-state index is -0.703. The van der Waals surface area contributed by atoms with Crippen LogP contribution in [0.3, 0.4) is 0 Å². The van der Waals surface area contributed by atoms with E-state index in [0.29, 0.717) is 6.29 Å². The second-order valence-corrected chi connectivity index (χ2v) is 1.74. The molecule has 1 N–H and O–H groups in total. The lowest BCUT2D eigenvalue weighted by molar-refractivity contribution is 0.111. The van der Waals surface area contributed by atoms with Gasteiger partial charge in [-0.05, 0) is 0 Å². The van der Waals surface area contributed by atoms with Crippen molar-refractivity contribution in [2.45, 2.75) is 0 Å². The van der Waals surface area contributed by atoms with E-state index in [4.69, 9.17) is 0 Å². The van der Waals surface area contributed by atoms with Gasteiger partial charge in [0.2, 0.25) is 0 Å². The van der Waals surface area contributed by atoms with E-state index >= 15 is 0 Å². The van der Waals surface area contributed by atoms with Gasteiger partial charge < -0.3 is 4.98 Å². The van der Waals surface area contributed by atoms with Gasteiger partial charge in [-0.2, -0.15) is 0 Å². The van der Waals surface area contributed by atoms with Crippen LogP contribution in [-0.2, 0) is 0 Å². The normalized spacial score (nSPS) is 9.30. The van der Waals surface area contributed by atoms with Crippen molar-refractivity contribution in [3.8, 4) is 0 Å². The highest BCUT2D eigenvalue weighted by atomic mass is 19.1. The van der Waals surface area contributed by atoms with E-state index in [9.17, 15) is 14.0 Å². The summed E-state index contributed by atoms with van der Waals surface area (Å²) >= 11 is 0. The average Bonchev–Trinajstić information content (AvgIpc) is 1.85. The SMILES string of the molecule is O=Cc1cc(F)cc(=O)[nH]1. The molecule has 0 aliphatic carbocycles. The van der Waals surface area contributed by atoms with Crippen LogP contribution < -0.4 is 5.56 Å². The smallest absolute Gasteiger partial charge is 0.251 e. The lowest BCUT2D eigenvalue weighted by atomic mass is 10.4. The highest BCUT2D eigenvalue weighted by molar-refractivity contribution is 5.71. The molecule has 1 rings (SSSR count). The number of nitrogens with one attached hydrogen (secondary N) is 1. The number of hydrogen-bond acceptors (Lipinski definition) is 2. The van der Waals surface area contributed by atoms with E-state index in [2.05, 4.69) is 4.98 Å². The summed E-state index contributed by atoms with van der Waals surface area (Å²) in [6, 6.07) is 1.72. The molecule has 0 amide bonds. The van der Waals surface area contributed by atoms with Crippen molar-refractivity contribution in [1.29, 1.82) is 0 Å². The van der Waals surface area contributed by atoms with Gasteiger partial charge in [0.05, 0.1) is 5.69 Å². The molecule has 10 heavy (non-hydrogen) atoms. The zero-order valence-corrected chi connectivity index (χ0v) is 4.93. The fourth-order valence-electron chi connectivity index (χ4n) is 0.593. The first-order valence-electron chi connectivity index (χ1n) is 2.57. The predicted octanol–water partition coefficient (Wildman–Crippen LogP) is 0.327. The molecule has 1 aromatic rings. The van der Waals surface area contributed by atoms with Gasteiger partial charge in [-0.25, -0.2) is 4.39 Å². The maximum atomic E-state index is 12.2. The summed E-state index contributed by atoms with van der Waals surface area (Å²) in [4.78, 5) is 22.5. The van der Waals surface area contributed by atoms with Crippen molar-refractivity contribution in [3.63, 3.8) is 0 Å². The Labute approximate surface area is 55.5 Å². The lowest BCUT2D eigenvalue weighted by Crippen LogP contribution is -2.07. The van der Waals surface area contributed by atoms with Gasteiger partial charge in [0.15, 0.2) is 6.29 Å². The average molecular weight is 141 g/mol. The molecule has 0 aliphatic rings. The second kappa shape index (κ2) is 2.43. The van der Waals surface area contributed by atoms with Crippen molar-refractivity contribution in [2.75, 3.05) is 0 Å². The summed E-state index contributed by atoms with van der Waals surface area (Å²) in [5.74, 6) is -0.703. The van der Waals surface area contributed by atoms with Crippen molar-refractivity contribution >= 4 is 6.29 Å². The molecule has 0 spiro atoms. The number of aldehydes is 1. The number of H-pyrrole nitrogens is 1. The fraction of sp³-hybridized carbons (Fsp3) is 0. The molecule has 4 heteroatoms. The van der Waals surface area contributed by atoms with Crippen molar-refractivity contribution in [2.24, 2.45) is 0 Å². The molecule has 0 radical (unpaired) electrons. The molecule has 0 bridgehead atoms. The molecule has 0 unspecified atom stereocenters. The number of carbonyl (C=O) groups is 1. The third-order valence-corrected chi connectivity index (χ3v) is 0.957. The second-order valence-electron chi connectivity index (χ2n) is 1.74. The zero-order chi connectivity index (χ0) is 7.56. The number of pyridine rings is 1. The quantitative estimate of drug-likeness (QED) is 0.573. The van der Waals surface area contributed by atoms with Gasteiger partial charge in [0.1, 0.15) is 5.82 Å². The van der Waals surface area contributed by atoms with Crippen LogP contribution in [0.25, 0.3) is 0 Å². The third-order valence-electron chi connectivity index (χ3n) is 0.957. The van der Waals surface area contributed by atoms with Gasteiger partial charge in [-0.1, -0.05) is 0 Å². The Hall–Kier alpha value is -1.45.